The second-order valence-corrected chi connectivity index (χ2v) is 4.68. The first kappa shape index (κ1) is 13.8. The number of hydrogen-bond donors (Lipinski definition) is 3. The van der Waals surface area contributed by atoms with Gasteiger partial charge >= 0.3 is 0 Å². The Labute approximate surface area is 113 Å². The van der Waals surface area contributed by atoms with E-state index in [1.807, 2.05) is 25.1 Å². The van der Waals surface area contributed by atoms with Crippen molar-refractivity contribution in [1.82, 2.24) is 5.32 Å². The summed E-state index contributed by atoms with van der Waals surface area (Å²) < 4.78 is 5.50. The summed E-state index contributed by atoms with van der Waals surface area (Å²) in [5, 5.41) is 14.7. The molecule has 3 N–H and O–H groups in total. The summed E-state index contributed by atoms with van der Waals surface area (Å²) in [6.07, 6.45) is 1.16. The van der Waals surface area contributed by atoms with Crippen molar-refractivity contribution in [3.8, 4) is 0 Å². The standard InChI is InChI=1S/C14H20N2O3/c1-10-13(5-8-19-10)16-12-4-2-3-11(9-12)14(18)15-6-7-17/h2-4,9-10,13,16-17H,5-8H2,1H3,(H,15,18). The molecular formula is C14H20N2O3. The summed E-state index contributed by atoms with van der Waals surface area (Å²) in [6, 6.07) is 7.64. The normalized spacial score (nSPS) is 22.2. The van der Waals surface area contributed by atoms with Gasteiger partial charge in [0.1, 0.15) is 0 Å². The molecular weight excluding hydrogens is 244 g/mol. The molecule has 1 aliphatic rings. The third kappa shape index (κ3) is 3.68. The fourth-order valence-electron chi connectivity index (χ4n) is 2.16. The van der Waals surface area contributed by atoms with Crippen molar-refractivity contribution >= 4 is 11.6 Å². The smallest absolute Gasteiger partial charge is 0.251 e. The Balaban J connectivity index is 2.00. The van der Waals surface area contributed by atoms with E-state index < -0.39 is 0 Å². The Morgan fingerprint density at radius 3 is 3.05 bits per heavy atom. The van der Waals surface area contributed by atoms with E-state index in [4.69, 9.17) is 9.84 Å². The van der Waals surface area contributed by atoms with Crippen LogP contribution in [-0.2, 0) is 4.74 Å². The van der Waals surface area contributed by atoms with E-state index in [0.717, 1.165) is 18.7 Å². The topological polar surface area (TPSA) is 70.6 Å². The quantitative estimate of drug-likeness (QED) is 0.742. The van der Waals surface area contributed by atoms with Crippen LogP contribution in [0.1, 0.15) is 23.7 Å². The van der Waals surface area contributed by atoms with Crippen LogP contribution in [0.2, 0.25) is 0 Å². The predicted molar refractivity (Wildman–Crippen MR) is 73.3 cm³/mol. The number of aliphatic hydroxyl groups is 1. The second kappa shape index (κ2) is 6.54. The number of carbonyl (C=O) groups is 1. The van der Waals surface area contributed by atoms with Crippen LogP contribution in [0, 0.1) is 0 Å². The van der Waals surface area contributed by atoms with Crippen LogP contribution in [0.25, 0.3) is 0 Å². The number of hydrogen-bond acceptors (Lipinski definition) is 4. The number of aliphatic hydroxyl groups excluding tert-OH is 1. The van der Waals surface area contributed by atoms with E-state index in [2.05, 4.69) is 10.6 Å². The van der Waals surface area contributed by atoms with Crippen LogP contribution in [0.15, 0.2) is 24.3 Å². The number of ether oxygens (including phenoxy) is 1. The lowest BCUT2D eigenvalue weighted by molar-refractivity contribution is 0.0945. The third-order valence-electron chi connectivity index (χ3n) is 3.25. The average Bonchev–Trinajstić information content (AvgIpc) is 2.82. The van der Waals surface area contributed by atoms with Gasteiger partial charge in [-0.1, -0.05) is 6.07 Å². The number of benzene rings is 1. The fraction of sp³-hybridized carbons (Fsp3) is 0.500. The molecule has 1 aromatic rings. The summed E-state index contributed by atoms with van der Waals surface area (Å²) in [5.41, 5.74) is 1.50. The van der Waals surface area contributed by atoms with Crippen molar-refractivity contribution in [2.45, 2.75) is 25.5 Å². The lowest BCUT2D eigenvalue weighted by atomic mass is 10.1. The maximum atomic E-state index is 11.8. The maximum Gasteiger partial charge on any atom is 0.251 e. The SMILES string of the molecule is CC1OCCC1Nc1cccc(C(=O)NCCO)c1. The van der Waals surface area contributed by atoms with E-state index in [9.17, 15) is 4.79 Å². The highest BCUT2D eigenvalue weighted by Gasteiger charge is 2.23. The zero-order valence-electron chi connectivity index (χ0n) is 11.1. The molecule has 2 atom stereocenters. The van der Waals surface area contributed by atoms with E-state index in [1.165, 1.54) is 0 Å². The van der Waals surface area contributed by atoms with Crippen LogP contribution in [0.3, 0.4) is 0 Å². The van der Waals surface area contributed by atoms with Gasteiger partial charge in [0.05, 0.1) is 18.8 Å². The third-order valence-corrected chi connectivity index (χ3v) is 3.25. The Morgan fingerprint density at radius 1 is 1.53 bits per heavy atom. The molecule has 1 saturated heterocycles. The monoisotopic (exact) mass is 264 g/mol. The minimum atomic E-state index is -0.173. The van der Waals surface area contributed by atoms with Gasteiger partial charge in [-0.05, 0) is 31.5 Å². The van der Waals surface area contributed by atoms with Crippen LogP contribution >= 0.6 is 0 Å². The number of nitrogens with one attached hydrogen (secondary N) is 2. The maximum absolute atomic E-state index is 11.8. The Bertz CT molecular complexity index is 436. The highest BCUT2D eigenvalue weighted by Crippen LogP contribution is 2.19. The predicted octanol–water partition coefficient (Wildman–Crippen LogP) is 0.998. The molecule has 1 aliphatic heterocycles. The summed E-state index contributed by atoms with van der Waals surface area (Å²) in [4.78, 5) is 11.8. The van der Waals surface area contributed by atoms with Crippen molar-refractivity contribution in [1.29, 1.82) is 0 Å². The number of carbonyl (C=O) groups excluding carboxylic acids is 1. The molecule has 0 bridgehead atoms. The summed E-state index contributed by atoms with van der Waals surface area (Å²) >= 11 is 0. The molecule has 0 spiro atoms. The summed E-state index contributed by atoms with van der Waals surface area (Å²) in [6.45, 7) is 3.03. The second-order valence-electron chi connectivity index (χ2n) is 4.68. The van der Waals surface area contributed by atoms with Crippen LogP contribution in [0.4, 0.5) is 5.69 Å². The van der Waals surface area contributed by atoms with Crippen molar-refractivity contribution in [3.63, 3.8) is 0 Å². The average molecular weight is 264 g/mol. The van der Waals surface area contributed by atoms with Gasteiger partial charge in [0.2, 0.25) is 0 Å². The molecule has 1 fully saturated rings. The molecule has 0 aromatic heterocycles. The van der Waals surface area contributed by atoms with Crippen molar-refractivity contribution < 1.29 is 14.6 Å². The van der Waals surface area contributed by atoms with Gasteiger partial charge in [-0.15, -0.1) is 0 Å². The first-order chi connectivity index (χ1) is 9.20. The molecule has 19 heavy (non-hydrogen) atoms. The first-order valence-corrected chi connectivity index (χ1v) is 6.58. The largest absolute Gasteiger partial charge is 0.395 e. The Kier molecular flexibility index (Phi) is 4.76. The van der Waals surface area contributed by atoms with E-state index in [1.54, 1.807) is 6.07 Å². The molecule has 1 amide bonds. The lowest BCUT2D eigenvalue weighted by Crippen LogP contribution is -2.28. The molecule has 1 aromatic carbocycles. The minimum absolute atomic E-state index is 0.0550. The van der Waals surface area contributed by atoms with Gasteiger partial charge < -0.3 is 20.5 Å². The van der Waals surface area contributed by atoms with Gasteiger partial charge in [-0.3, -0.25) is 4.79 Å². The molecule has 5 nitrogen and oxygen atoms in total. The minimum Gasteiger partial charge on any atom is -0.395 e. The zero-order valence-corrected chi connectivity index (χ0v) is 11.1. The van der Waals surface area contributed by atoms with Crippen LogP contribution in [0.5, 0.6) is 0 Å². The molecule has 0 aliphatic carbocycles. The summed E-state index contributed by atoms with van der Waals surface area (Å²) in [5.74, 6) is -0.173. The van der Waals surface area contributed by atoms with Gasteiger partial charge in [0.15, 0.2) is 0 Å². The van der Waals surface area contributed by atoms with Crippen LogP contribution < -0.4 is 10.6 Å². The Morgan fingerprint density at radius 2 is 2.37 bits per heavy atom. The summed E-state index contributed by atoms with van der Waals surface area (Å²) in [7, 11) is 0. The van der Waals surface area contributed by atoms with Gasteiger partial charge in [0, 0.05) is 24.4 Å². The fourth-order valence-corrected chi connectivity index (χ4v) is 2.16. The van der Waals surface area contributed by atoms with E-state index in [-0.39, 0.29) is 31.2 Å². The molecule has 0 saturated carbocycles. The Hall–Kier alpha value is -1.59. The molecule has 2 rings (SSSR count). The number of anilines is 1. The first-order valence-electron chi connectivity index (χ1n) is 6.58. The van der Waals surface area contributed by atoms with Crippen molar-refractivity contribution in [2.75, 3.05) is 25.1 Å². The van der Waals surface area contributed by atoms with Crippen molar-refractivity contribution in [3.05, 3.63) is 29.8 Å². The molecule has 104 valence electrons. The van der Waals surface area contributed by atoms with Gasteiger partial charge in [-0.25, -0.2) is 0 Å². The highest BCUT2D eigenvalue weighted by atomic mass is 16.5. The molecule has 2 unspecified atom stereocenters. The lowest BCUT2D eigenvalue weighted by Gasteiger charge is -2.17. The van der Waals surface area contributed by atoms with Gasteiger partial charge in [0.25, 0.3) is 5.91 Å². The molecule has 5 heteroatoms. The zero-order chi connectivity index (χ0) is 13.7. The van der Waals surface area contributed by atoms with Crippen LogP contribution in [-0.4, -0.2) is 42.9 Å². The van der Waals surface area contributed by atoms with Crippen molar-refractivity contribution in [2.24, 2.45) is 0 Å². The molecule has 1 heterocycles. The molecule has 0 radical (unpaired) electrons. The van der Waals surface area contributed by atoms with E-state index in [0.29, 0.717) is 5.56 Å². The van der Waals surface area contributed by atoms with E-state index >= 15 is 0 Å². The number of rotatable bonds is 5. The number of amides is 1. The van der Waals surface area contributed by atoms with Gasteiger partial charge in [-0.2, -0.15) is 0 Å². The highest BCUT2D eigenvalue weighted by molar-refractivity contribution is 5.95.